The Morgan fingerprint density at radius 2 is 2.13 bits per heavy atom. The number of benzene rings is 1. The van der Waals surface area contributed by atoms with Crippen molar-refractivity contribution in [1.82, 2.24) is 9.97 Å². The molecule has 6 heteroatoms. The fraction of sp³-hybridized carbons (Fsp3) is 0.235. The van der Waals surface area contributed by atoms with Gasteiger partial charge >= 0.3 is 5.97 Å². The van der Waals surface area contributed by atoms with Gasteiger partial charge in [0.25, 0.3) is 5.56 Å². The molecule has 1 aromatic carbocycles. The molecule has 0 radical (unpaired) electrons. The van der Waals surface area contributed by atoms with Crippen molar-refractivity contribution in [3.05, 3.63) is 46.9 Å². The van der Waals surface area contributed by atoms with Crippen LogP contribution in [0, 0.1) is 0 Å². The van der Waals surface area contributed by atoms with E-state index >= 15 is 0 Å². The van der Waals surface area contributed by atoms with Crippen LogP contribution in [-0.4, -0.2) is 29.1 Å². The highest BCUT2D eigenvalue weighted by molar-refractivity contribution is 6.05. The van der Waals surface area contributed by atoms with E-state index in [1.165, 1.54) is 0 Å². The third kappa shape index (κ3) is 3.15. The maximum atomic E-state index is 12.1. The van der Waals surface area contributed by atoms with E-state index in [4.69, 9.17) is 4.74 Å². The van der Waals surface area contributed by atoms with Gasteiger partial charge in [-0.2, -0.15) is 0 Å². The summed E-state index contributed by atoms with van der Waals surface area (Å²) < 4.78 is 4.89. The molecule has 0 saturated carbocycles. The van der Waals surface area contributed by atoms with Crippen molar-refractivity contribution in [2.24, 2.45) is 0 Å². The highest BCUT2D eigenvalue weighted by Crippen LogP contribution is 2.23. The van der Waals surface area contributed by atoms with E-state index in [0.29, 0.717) is 30.6 Å². The largest absolute Gasteiger partial charge is 0.466 e. The number of aromatic amines is 1. The van der Waals surface area contributed by atoms with Gasteiger partial charge in [-0.25, -0.2) is 4.98 Å². The number of esters is 1. The molecule has 0 amide bonds. The summed E-state index contributed by atoms with van der Waals surface area (Å²) in [6, 6.07) is 9.25. The second-order valence-corrected chi connectivity index (χ2v) is 5.10. The molecule has 0 atom stereocenters. The summed E-state index contributed by atoms with van der Waals surface area (Å²) in [6.45, 7) is 2.64. The fourth-order valence-corrected chi connectivity index (χ4v) is 2.51. The second kappa shape index (κ2) is 6.48. The van der Waals surface area contributed by atoms with Gasteiger partial charge in [-0.1, -0.05) is 0 Å². The summed E-state index contributed by atoms with van der Waals surface area (Å²) in [7, 11) is 0. The molecule has 2 aromatic heterocycles. The van der Waals surface area contributed by atoms with Gasteiger partial charge in [-0.15, -0.1) is 0 Å². The van der Waals surface area contributed by atoms with Crippen molar-refractivity contribution >= 4 is 33.5 Å². The number of ether oxygens (including phenoxy) is 1. The number of hydrogen-bond acceptors (Lipinski definition) is 5. The number of H-pyrrole nitrogens is 1. The first-order chi connectivity index (χ1) is 11.2. The minimum absolute atomic E-state index is 0.163. The van der Waals surface area contributed by atoms with Gasteiger partial charge in [-0.05, 0) is 37.3 Å². The number of aromatic nitrogens is 2. The molecule has 0 aliphatic carbocycles. The number of anilines is 1. The molecule has 3 aromatic rings. The predicted molar refractivity (Wildman–Crippen MR) is 89.6 cm³/mol. The van der Waals surface area contributed by atoms with E-state index in [1.54, 1.807) is 19.2 Å². The minimum Gasteiger partial charge on any atom is -0.466 e. The quantitative estimate of drug-likeness (QED) is 0.558. The van der Waals surface area contributed by atoms with Crippen LogP contribution in [0.15, 0.2) is 41.3 Å². The van der Waals surface area contributed by atoms with E-state index in [-0.39, 0.29) is 11.5 Å². The first-order valence-electron chi connectivity index (χ1n) is 7.49. The SMILES string of the molecule is CCOC(=O)CCNc1ccc2c(=O)[nH]c3ncccc3c2c1. The minimum atomic E-state index is -0.230. The van der Waals surface area contributed by atoms with Crippen LogP contribution in [0.5, 0.6) is 0 Å². The maximum absolute atomic E-state index is 12.1. The standard InChI is InChI=1S/C17H17N3O3/c1-2-23-15(21)7-9-18-11-5-6-13-14(10-11)12-4-3-8-19-16(12)20-17(13)22/h3-6,8,10,18H,2,7,9H2,1H3,(H,19,20,22). The van der Waals surface area contributed by atoms with Crippen LogP contribution in [-0.2, 0) is 9.53 Å². The van der Waals surface area contributed by atoms with Gasteiger partial charge < -0.3 is 15.0 Å². The lowest BCUT2D eigenvalue weighted by atomic mass is 10.1. The Balaban J connectivity index is 1.90. The molecule has 0 bridgehead atoms. The molecule has 0 fully saturated rings. The lowest BCUT2D eigenvalue weighted by Gasteiger charge is -2.08. The van der Waals surface area contributed by atoms with Crippen LogP contribution in [0.1, 0.15) is 13.3 Å². The molecule has 0 aliphatic heterocycles. The Morgan fingerprint density at radius 3 is 2.96 bits per heavy atom. The third-order valence-corrected chi connectivity index (χ3v) is 3.56. The van der Waals surface area contributed by atoms with E-state index in [9.17, 15) is 9.59 Å². The van der Waals surface area contributed by atoms with Gasteiger partial charge in [0, 0.05) is 34.6 Å². The molecule has 2 N–H and O–H groups in total. The zero-order valence-electron chi connectivity index (χ0n) is 12.8. The summed E-state index contributed by atoms with van der Waals surface area (Å²) in [5, 5.41) is 5.51. The average molecular weight is 311 g/mol. The van der Waals surface area contributed by atoms with E-state index in [0.717, 1.165) is 16.5 Å². The smallest absolute Gasteiger partial charge is 0.307 e. The monoisotopic (exact) mass is 311 g/mol. The molecule has 0 aliphatic rings. The van der Waals surface area contributed by atoms with Crippen molar-refractivity contribution < 1.29 is 9.53 Å². The lowest BCUT2D eigenvalue weighted by Crippen LogP contribution is -2.11. The molecular weight excluding hydrogens is 294 g/mol. The summed E-state index contributed by atoms with van der Waals surface area (Å²) in [6.07, 6.45) is 1.94. The summed E-state index contributed by atoms with van der Waals surface area (Å²) in [4.78, 5) is 30.4. The third-order valence-electron chi connectivity index (χ3n) is 3.56. The Hall–Kier alpha value is -2.89. The first kappa shape index (κ1) is 15.0. The van der Waals surface area contributed by atoms with Gasteiger partial charge in [0.05, 0.1) is 13.0 Å². The number of pyridine rings is 2. The molecule has 23 heavy (non-hydrogen) atoms. The molecular formula is C17H17N3O3. The predicted octanol–water partition coefficient (Wildman–Crippen LogP) is 2.44. The van der Waals surface area contributed by atoms with E-state index < -0.39 is 0 Å². The highest BCUT2D eigenvalue weighted by Gasteiger charge is 2.07. The zero-order chi connectivity index (χ0) is 16.2. The Kier molecular flexibility index (Phi) is 4.23. The molecule has 0 saturated heterocycles. The van der Waals surface area contributed by atoms with Crippen LogP contribution in [0.4, 0.5) is 5.69 Å². The van der Waals surface area contributed by atoms with Crippen molar-refractivity contribution in [2.75, 3.05) is 18.5 Å². The summed E-state index contributed by atoms with van der Waals surface area (Å²) in [5.74, 6) is -0.230. The normalized spacial score (nSPS) is 10.8. The van der Waals surface area contributed by atoms with Crippen LogP contribution in [0.3, 0.4) is 0 Å². The molecule has 2 heterocycles. The van der Waals surface area contributed by atoms with Crippen LogP contribution < -0.4 is 10.9 Å². The van der Waals surface area contributed by atoms with Gasteiger partial charge in [0.15, 0.2) is 0 Å². The number of hydrogen-bond donors (Lipinski definition) is 2. The fourth-order valence-electron chi connectivity index (χ4n) is 2.51. The number of nitrogens with one attached hydrogen (secondary N) is 2. The molecule has 6 nitrogen and oxygen atoms in total. The first-order valence-corrected chi connectivity index (χ1v) is 7.49. The average Bonchev–Trinajstić information content (AvgIpc) is 2.55. The van der Waals surface area contributed by atoms with Crippen molar-refractivity contribution in [1.29, 1.82) is 0 Å². The Labute approximate surface area is 132 Å². The summed E-state index contributed by atoms with van der Waals surface area (Å²) in [5.41, 5.74) is 1.25. The number of fused-ring (bicyclic) bond motifs is 3. The molecule has 0 unspecified atom stereocenters. The van der Waals surface area contributed by atoms with Gasteiger partial charge in [-0.3, -0.25) is 9.59 Å². The van der Waals surface area contributed by atoms with Gasteiger partial charge in [0.1, 0.15) is 5.65 Å². The second-order valence-electron chi connectivity index (χ2n) is 5.10. The Bertz CT molecular complexity index is 918. The number of carbonyl (C=O) groups excluding carboxylic acids is 1. The zero-order valence-corrected chi connectivity index (χ0v) is 12.8. The van der Waals surface area contributed by atoms with Crippen LogP contribution >= 0.6 is 0 Å². The van der Waals surface area contributed by atoms with E-state index in [2.05, 4.69) is 15.3 Å². The Morgan fingerprint density at radius 1 is 1.26 bits per heavy atom. The van der Waals surface area contributed by atoms with Gasteiger partial charge in [0.2, 0.25) is 0 Å². The number of rotatable bonds is 5. The van der Waals surface area contributed by atoms with Crippen molar-refractivity contribution in [2.45, 2.75) is 13.3 Å². The van der Waals surface area contributed by atoms with Crippen molar-refractivity contribution in [3.8, 4) is 0 Å². The topological polar surface area (TPSA) is 84.1 Å². The van der Waals surface area contributed by atoms with Crippen molar-refractivity contribution in [3.63, 3.8) is 0 Å². The number of nitrogens with zero attached hydrogens (tertiary/aromatic N) is 1. The van der Waals surface area contributed by atoms with Crippen LogP contribution in [0.2, 0.25) is 0 Å². The molecule has 118 valence electrons. The maximum Gasteiger partial charge on any atom is 0.307 e. The summed E-state index contributed by atoms with van der Waals surface area (Å²) >= 11 is 0. The number of carbonyl (C=O) groups is 1. The molecule has 0 spiro atoms. The molecule has 3 rings (SSSR count). The van der Waals surface area contributed by atoms with Crippen LogP contribution in [0.25, 0.3) is 21.8 Å². The lowest BCUT2D eigenvalue weighted by molar-refractivity contribution is -0.142. The highest BCUT2D eigenvalue weighted by atomic mass is 16.5. The van der Waals surface area contributed by atoms with E-state index in [1.807, 2.05) is 24.3 Å².